The highest BCUT2D eigenvalue weighted by Crippen LogP contribution is 2.18. The predicted molar refractivity (Wildman–Crippen MR) is 88.5 cm³/mol. The van der Waals surface area contributed by atoms with Crippen LogP contribution in [0.25, 0.3) is 5.69 Å². The van der Waals surface area contributed by atoms with Crippen LogP contribution in [0.15, 0.2) is 30.5 Å². The zero-order valence-corrected chi connectivity index (χ0v) is 13.9. The van der Waals surface area contributed by atoms with Crippen molar-refractivity contribution in [3.8, 4) is 5.69 Å². The molecular weight excluding hydrogens is 324 g/mol. The first kappa shape index (κ1) is 17.1. The van der Waals surface area contributed by atoms with Gasteiger partial charge in [0.1, 0.15) is 6.04 Å². The standard InChI is InChI=1S/C17H20N4O4/c1-11-4-6-13(7-5-11)21-9-14(19-20-21)16(22)18-15(17(23)24)12-3-2-8-25-10-12/h4-7,9,12,15H,2-3,8,10H2,1H3,(H,18,22)(H,23,24). The maximum absolute atomic E-state index is 12.4. The van der Waals surface area contributed by atoms with E-state index < -0.39 is 17.9 Å². The molecule has 1 aromatic carbocycles. The SMILES string of the molecule is Cc1ccc(-n2cc(C(=O)NC(C(=O)O)C3CCCOC3)nn2)cc1. The average Bonchev–Trinajstić information content (AvgIpc) is 3.11. The average molecular weight is 344 g/mol. The van der Waals surface area contributed by atoms with Gasteiger partial charge in [-0.05, 0) is 31.9 Å². The second-order valence-electron chi connectivity index (χ2n) is 6.15. The van der Waals surface area contributed by atoms with Crippen LogP contribution in [0.5, 0.6) is 0 Å². The molecule has 2 aromatic rings. The lowest BCUT2D eigenvalue weighted by atomic mass is 9.93. The number of carboxylic acids is 1. The maximum Gasteiger partial charge on any atom is 0.326 e. The number of carbonyl (C=O) groups excluding carboxylic acids is 1. The number of nitrogens with one attached hydrogen (secondary N) is 1. The van der Waals surface area contributed by atoms with Gasteiger partial charge >= 0.3 is 5.97 Å². The van der Waals surface area contributed by atoms with Crippen LogP contribution in [0.1, 0.15) is 28.9 Å². The first-order chi connectivity index (χ1) is 12.0. The van der Waals surface area contributed by atoms with Crippen LogP contribution in [0.2, 0.25) is 0 Å². The molecule has 25 heavy (non-hydrogen) atoms. The van der Waals surface area contributed by atoms with Gasteiger partial charge in [0.05, 0.1) is 18.5 Å². The van der Waals surface area contributed by atoms with Crippen molar-refractivity contribution in [1.82, 2.24) is 20.3 Å². The van der Waals surface area contributed by atoms with Gasteiger partial charge in [-0.25, -0.2) is 9.48 Å². The van der Waals surface area contributed by atoms with Gasteiger partial charge < -0.3 is 15.2 Å². The second kappa shape index (κ2) is 7.43. The van der Waals surface area contributed by atoms with E-state index in [1.165, 1.54) is 10.9 Å². The molecule has 3 rings (SSSR count). The lowest BCUT2D eigenvalue weighted by Gasteiger charge is -2.27. The van der Waals surface area contributed by atoms with Crippen LogP contribution >= 0.6 is 0 Å². The van der Waals surface area contributed by atoms with Gasteiger partial charge in [-0.1, -0.05) is 22.9 Å². The van der Waals surface area contributed by atoms with Gasteiger partial charge in [-0.2, -0.15) is 0 Å². The number of ether oxygens (including phenoxy) is 1. The zero-order chi connectivity index (χ0) is 17.8. The van der Waals surface area contributed by atoms with Crippen molar-refractivity contribution in [1.29, 1.82) is 0 Å². The highest BCUT2D eigenvalue weighted by Gasteiger charge is 2.32. The van der Waals surface area contributed by atoms with Gasteiger partial charge in [-0.15, -0.1) is 5.10 Å². The summed E-state index contributed by atoms with van der Waals surface area (Å²) in [6, 6.07) is 6.59. The normalized spacial score (nSPS) is 18.5. The number of hydrogen-bond acceptors (Lipinski definition) is 5. The van der Waals surface area contributed by atoms with E-state index >= 15 is 0 Å². The Kier molecular flexibility index (Phi) is 5.08. The number of amides is 1. The third-order valence-corrected chi connectivity index (χ3v) is 4.24. The summed E-state index contributed by atoms with van der Waals surface area (Å²) in [7, 11) is 0. The van der Waals surface area contributed by atoms with Crippen molar-refractivity contribution >= 4 is 11.9 Å². The smallest absolute Gasteiger partial charge is 0.326 e. The van der Waals surface area contributed by atoms with Gasteiger partial charge in [0.25, 0.3) is 5.91 Å². The van der Waals surface area contributed by atoms with Crippen LogP contribution in [-0.2, 0) is 9.53 Å². The minimum absolute atomic E-state index is 0.0727. The minimum atomic E-state index is -1.07. The third kappa shape index (κ3) is 4.03. The third-order valence-electron chi connectivity index (χ3n) is 4.24. The Morgan fingerprint density at radius 2 is 2.12 bits per heavy atom. The van der Waals surface area contributed by atoms with Crippen LogP contribution in [-0.4, -0.2) is 51.2 Å². The molecule has 0 aliphatic carbocycles. The topological polar surface area (TPSA) is 106 Å². The maximum atomic E-state index is 12.4. The van der Waals surface area contributed by atoms with E-state index in [1.807, 2.05) is 31.2 Å². The van der Waals surface area contributed by atoms with Crippen molar-refractivity contribution in [3.05, 3.63) is 41.7 Å². The number of benzene rings is 1. The van der Waals surface area contributed by atoms with E-state index in [0.717, 1.165) is 17.7 Å². The Hall–Kier alpha value is -2.74. The molecular formula is C17H20N4O4. The summed E-state index contributed by atoms with van der Waals surface area (Å²) in [5, 5.41) is 19.7. The Balaban J connectivity index is 1.71. The molecule has 0 bridgehead atoms. The van der Waals surface area contributed by atoms with E-state index in [1.54, 1.807) is 0 Å². The van der Waals surface area contributed by atoms with Gasteiger partial charge in [0.15, 0.2) is 5.69 Å². The molecule has 1 aliphatic rings. The van der Waals surface area contributed by atoms with E-state index in [0.29, 0.717) is 19.6 Å². The highest BCUT2D eigenvalue weighted by atomic mass is 16.5. The largest absolute Gasteiger partial charge is 0.480 e. The number of nitrogens with zero attached hydrogens (tertiary/aromatic N) is 3. The summed E-state index contributed by atoms with van der Waals surface area (Å²) < 4.78 is 6.81. The molecule has 2 N–H and O–H groups in total. The lowest BCUT2D eigenvalue weighted by Crippen LogP contribution is -2.48. The Bertz CT molecular complexity index is 750. The second-order valence-corrected chi connectivity index (χ2v) is 6.15. The van der Waals surface area contributed by atoms with Crippen LogP contribution in [0.3, 0.4) is 0 Å². The Morgan fingerprint density at radius 1 is 1.36 bits per heavy atom. The fourth-order valence-electron chi connectivity index (χ4n) is 2.82. The molecule has 2 heterocycles. The fourth-order valence-corrected chi connectivity index (χ4v) is 2.82. The van der Waals surface area contributed by atoms with Crippen LogP contribution in [0, 0.1) is 12.8 Å². The molecule has 8 nitrogen and oxygen atoms in total. The first-order valence-corrected chi connectivity index (χ1v) is 8.15. The number of carboxylic acid groups (broad SMARTS) is 1. The predicted octanol–water partition coefficient (Wildman–Crippen LogP) is 1.19. The molecule has 1 aliphatic heterocycles. The molecule has 0 radical (unpaired) electrons. The number of aliphatic carboxylic acids is 1. The summed E-state index contributed by atoms with van der Waals surface area (Å²) in [6.45, 7) is 2.93. The van der Waals surface area contributed by atoms with Crippen molar-refractivity contribution < 1.29 is 19.4 Å². The molecule has 0 spiro atoms. The van der Waals surface area contributed by atoms with Crippen LogP contribution in [0.4, 0.5) is 0 Å². The monoisotopic (exact) mass is 344 g/mol. The van der Waals surface area contributed by atoms with Crippen LogP contribution < -0.4 is 5.32 Å². The molecule has 2 atom stereocenters. The molecule has 132 valence electrons. The summed E-state index contributed by atoms with van der Waals surface area (Å²) in [5.41, 5.74) is 1.96. The molecule has 0 saturated carbocycles. The van der Waals surface area contributed by atoms with Gasteiger partial charge in [0.2, 0.25) is 0 Å². The number of rotatable bonds is 5. The van der Waals surface area contributed by atoms with E-state index in [9.17, 15) is 14.7 Å². The van der Waals surface area contributed by atoms with Crippen molar-refractivity contribution in [2.45, 2.75) is 25.8 Å². The number of aromatic nitrogens is 3. The fraction of sp³-hybridized carbons (Fsp3) is 0.412. The Morgan fingerprint density at radius 3 is 2.76 bits per heavy atom. The first-order valence-electron chi connectivity index (χ1n) is 8.15. The summed E-state index contributed by atoms with van der Waals surface area (Å²) in [4.78, 5) is 23.9. The van der Waals surface area contributed by atoms with Crippen molar-refractivity contribution in [3.63, 3.8) is 0 Å². The lowest BCUT2D eigenvalue weighted by molar-refractivity contribution is -0.142. The zero-order valence-electron chi connectivity index (χ0n) is 13.9. The van der Waals surface area contributed by atoms with E-state index in [4.69, 9.17) is 4.74 Å². The van der Waals surface area contributed by atoms with E-state index in [-0.39, 0.29) is 11.6 Å². The summed E-state index contributed by atoms with van der Waals surface area (Å²) >= 11 is 0. The molecule has 1 saturated heterocycles. The summed E-state index contributed by atoms with van der Waals surface area (Å²) in [5.74, 6) is -1.88. The number of carbonyl (C=O) groups is 2. The molecule has 1 fully saturated rings. The van der Waals surface area contributed by atoms with E-state index in [2.05, 4.69) is 15.6 Å². The Labute approximate surface area is 144 Å². The van der Waals surface area contributed by atoms with Crippen molar-refractivity contribution in [2.24, 2.45) is 5.92 Å². The molecule has 1 amide bonds. The number of hydrogen-bond donors (Lipinski definition) is 2. The van der Waals surface area contributed by atoms with Gasteiger partial charge in [0, 0.05) is 12.5 Å². The summed E-state index contributed by atoms with van der Waals surface area (Å²) in [6.07, 6.45) is 2.97. The quantitative estimate of drug-likeness (QED) is 0.844. The molecule has 1 aromatic heterocycles. The molecule has 8 heteroatoms. The van der Waals surface area contributed by atoms with Crippen molar-refractivity contribution in [2.75, 3.05) is 13.2 Å². The molecule has 2 unspecified atom stereocenters. The van der Waals surface area contributed by atoms with Gasteiger partial charge in [-0.3, -0.25) is 4.79 Å². The highest BCUT2D eigenvalue weighted by molar-refractivity contribution is 5.94. The number of aryl methyl sites for hydroxylation is 1. The minimum Gasteiger partial charge on any atom is -0.480 e.